The van der Waals surface area contributed by atoms with Gasteiger partial charge in [-0.3, -0.25) is 4.79 Å². The molecule has 1 aromatic rings. The summed E-state index contributed by atoms with van der Waals surface area (Å²) in [7, 11) is 1.49. The summed E-state index contributed by atoms with van der Waals surface area (Å²) in [5.74, 6) is 0.414. The molecule has 0 spiro atoms. The van der Waals surface area contributed by atoms with E-state index in [0.717, 1.165) is 10.0 Å². The largest absolute Gasteiger partial charge is 0.504 e. The zero-order valence-electron chi connectivity index (χ0n) is 9.66. The van der Waals surface area contributed by atoms with Gasteiger partial charge in [-0.15, -0.1) is 0 Å². The fourth-order valence-electron chi connectivity index (χ4n) is 1.24. The van der Waals surface area contributed by atoms with Crippen molar-refractivity contribution in [1.29, 1.82) is 0 Å². The number of carbonyl (C=O) groups excluding carboxylic acids is 1. The third-order valence-corrected chi connectivity index (χ3v) is 2.75. The highest BCUT2D eigenvalue weighted by molar-refractivity contribution is 9.10. The van der Waals surface area contributed by atoms with Crippen molar-refractivity contribution in [2.24, 2.45) is 0 Å². The van der Waals surface area contributed by atoms with Crippen molar-refractivity contribution in [3.05, 3.63) is 28.2 Å². The van der Waals surface area contributed by atoms with Crippen molar-refractivity contribution in [2.75, 3.05) is 13.7 Å². The molecule has 0 aliphatic rings. The SMILES string of the molecule is COc1cc(Br)c(C=CCNC(C)=O)cc1O. The number of halogens is 1. The normalized spacial score (nSPS) is 10.5. The average molecular weight is 300 g/mol. The van der Waals surface area contributed by atoms with Gasteiger partial charge in [0.2, 0.25) is 5.91 Å². The monoisotopic (exact) mass is 299 g/mol. The van der Waals surface area contributed by atoms with Gasteiger partial charge in [-0.1, -0.05) is 28.1 Å². The quantitative estimate of drug-likeness (QED) is 0.897. The van der Waals surface area contributed by atoms with Crippen molar-refractivity contribution >= 4 is 27.9 Å². The predicted molar refractivity (Wildman–Crippen MR) is 70.1 cm³/mol. The van der Waals surface area contributed by atoms with Gasteiger partial charge in [0.15, 0.2) is 11.5 Å². The summed E-state index contributed by atoms with van der Waals surface area (Å²) in [5.41, 5.74) is 0.814. The number of methoxy groups -OCH3 is 1. The van der Waals surface area contributed by atoms with Gasteiger partial charge in [0, 0.05) is 17.9 Å². The standard InChI is InChI=1S/C12H14BrNO3/c1-8(15)14-5-3-4-9-6-11(16)12(17-2)7-10(9)13/h3-4,6-7,16H,5H2,1-2H3,(H,14,15). The molecule has 5 heteroatoms. The molecule has 1 rings (SSSR count). The van der Waals surface area contributed by atoms with E-state index >= 15 is 0 Å². The van der Waals surface area contributed by atoms with Gasteiger partial charge in [0.25, 0.3) is 0 Å². The lowest BCUT2D eigenvalue weighted by Crippen LogP contribution is -2.19. The summed E-state index contributed by atoms with van der Waals surface area (Å²) in [6.07, 6.45) is 3.60. The minimum absolute atomic E-state index is 0.0775. The highest BCUT2D eigenvalue weighted by Crippen LogP contribution is 2.32. The van der Waals surface area contributed by atoms with E-state index in [1.165, 1.54) is 14.0 Å². The van der Waals surface area contributed by atoms with Crippen LogP contribution in [-0.2, 0) is 4.79 Å². The minimum Gasteiger partial charge on any atom is -0.504 e. The molecule has 17 heavy (non-hydrogen) atoms. The molecular formula is C12H14BrNO3. The van der Waals surface area contributed by atoms with Gasteiger partial charge in [-0.25, -0.2) is 0 Å². The number of amides is 1. The molecule has 0 aromatic heterocycles. The Kier molecular flexibility index (Phi) is 5.03. The number of phenolic OH excluding ortho intramolecular Hbond substituents is 1. The number of ether oxygens (including phenoxy) is 1. The molecule has 92 valence electrons. The maximum absolute atomic E-state index is 10.6. The molecule has 0 radical (unpaired) electrons. The van der Waals surface area contributed by atoms with Crippen LogP contribution >= 0.6 is 15.9 Å². The van der Waals surface area contributed by atoms with E-state index < -0.39 is 0 Å². The van der Waals surface area contributed by atoms with E-state index in [4.69, 9.17) is 4.74 Å². The van der Waals surface area contributed by atoms with Crippen LogP contribution in [0.25, 0.3) is 6.08 Å². The summed E-state index contributed by atoms with van der Waals surface area (Å²) in [6, 6.07) is 3.28. The Balaban J connectivity index is 2.78. The van der Waals surface area contributed by atoms with Crippen LogP contribution in [-0.4, -0.2) is 24.7 Å². The van der Waals surface area contributed by atoms with Gasteiger partial charge in [0.05, 0.1) is 7.11 Å². The Bertz CT molecular complexity index is 444. The number of rotatable bonds is 4. The Morgan fingerprint density at radius 1 is 1.59 bits per heavy atom. The Morgan fingerprint density at radius 3 is 2.88 bits per heavy atom. The van der Waals surface area contributed by atoms with E-state index in [1.54, 1.807) is 24.3 Å². The van der Waals surface area contributed by atoms with Crippen LogP contribution in [0.1, 0.15) is 12.5 Å². The number of hydrogen-bond donors (Lipinski definition) is 2. The number of nitrogens with one attached hydrogen (secondary N) is 1. The number of carbonyl (C=O) groups is 1. The van der Waals surface area contributed by atoms with Crippen molar-refractivity contribution in [3.63, 3.8) is 0 Å². The van der Waals surface area contributed by atoms with E-state index in [9.17, 15) is 9.90 Å². The molecule has 0 aliphatic carbocycles. The van der Waals surface area contributed by atoms with Crippen LogP contribution < -0.4 is 10.1 Å². The maximum Gasteiger partial charge on any atom is 0.217 e. The highest BCUT2D eigenvalue weighted by Gasteiger charge is 2.05. The highest BCUT2D eigenvalue weighted by atomic mass is 79.9. The van der Waals surface area contributed by atoms with Gasteiger partial charge in [-0.05, 0) is 17.7 Å². The van der Waals surface area contributed by atoms with Gasteiger partial charge in [0.1, 0.15) is 0 Å². The van der Waals surface area contributed by atoms with Crippen LogP contribution in [0.3, 0.4) is 0 Å². The molecule has 0 saturated heterocycles. The van der Waals surface area contributed by atoms with Crippen molar-refractivity contribution < 1.29 is 14.6 Å². The van der Waals surface area contributed by atoms with Crippen LogP contribution in [0.4, 0.5) is 0 Å². The van der Waals surface area contributed by atoms with Crippen molar-refractivity contribution in [1.82, 2.24) is 5.32 Å². The fraction of sp³-hybridized carbons (Fsp3) is 0.250. The molecule has 1 aromatic carbocycles. The molecule has 2 N–H and O–H groups in total. The zero-order valence-corrected chi connectivity index (χ0v) is 11.2. The van der Waals surface area contributed by atoms with Crippen LogP contribution in [0.2, 0.25) is 0 Å². The molecule has 0 atom stereocenters. The summed E-state index contributed by atoms with van der Waals surface area (Å²) in [6.45, 7) is 1.91. The number of hydrogen-bond acceptors (Lipinski definition) is 3. The zero-order chi connectivity index (χ0) is 12.8. The molecular weight excluding hydrogens is 286 g/mol. The second-order valence-corrected chi connectivity index (χ2v) is 4.24. The van der Waals surface area contributed by atoms with E-state index in [2.05, 4.69) is 21.2 Å². The number of benzene rings is 1. The maximum atomic E-state index is 10.6. The second-order valence-electron chi connectivity index (χ2n) is 3.39. The third-order valence-electron chi connectivity index (χ3n) is 2.06. The number of phenols is 1. The second kappa shape index (κ2) is 6.30. The molecule has 0 fully saturated rings. The van der Waals surface area contributed by atoms with E-state index in [-0.39, 0.29) is 11.7 Å². The van der Waals surface area contributed by atoms with Crippen molar-refractivity contribution in [3.8, 4) is 11.5 Å². The lowest BCUT2D eigenvalue weighted by atomic mass is 10.2. The summed E-state index contributed by atoms with van der Waals surface area (Å²) in [5, 5.41) is 12.3. The smallest absolute Gasteiger partial charge is 0.217 e. The molecule has 0 heterocycles. The third kappa shape index (κ3) is 4.11. The first kappa shape index (κ1) is 13.6. The van der Waals surface area contributed by atoms with Gasteiger partial charge >= 0.3 is 0 Å². The minimum atomic E-state index is -0.0775. The Hall–Kier alpha value is -1.49. The summed E-state index contributed by atoms with van der Waals surface area (Å²) >= 11 is 3.37. The first-order chi connectivity index (χ1) is 8.04. The summed E-state index contributed by atoms with van der Waals surface area (Å²) < 4.78 is 5.79. The first-order valence-electron chi connectivity index (χ1n) is 5.02. The molecule has 4 nitrogen and oxygen atoms in total. The van der Waals surface area contributed by atoms with Crippen LogP contribution in [0.5, 0.6) is 11.5 Å². The fourth-order valence-corrected chi connectivity index (χ4v) is 1.69. The molecule has 0 bridgehead atoms. The average Bonchev–Trinajstić information content (AvgIpc) is 2.28. The number of aromatic hydroxyl groups is 1. The van der Waals surface area contributed by atoms with E-state index in [1.807, 2.05) is 0 Å². The van der Waals surface area contributed by atoms with Crippen molar-refractivity contribution in [2.45, 2.75) is 6.92 Å². The topological polar surface area (TPSA) is 58.6 Å². The molecule has 1 amide bonds. The molecule has 0 aliphatic heterocycles. The lowest BCUT2D eigenvalue weighted by Gasteiger charge is -2.06. The van der Waals surface area contributed by atoms with E-state index in [0.29, 0.717) is 12.3 Å². The predicted octanol–water partition coefficient (Wildman–Crippen LogP) is 2.31. The summed E-state index contributed by atoms with van der Waals surface area (Å²) in [4.78, 5) is 10.6. The lowest BCUT2D eigenvalue weighted by molar-refractivity contribution is -0.118. The first-order valence-corrected chi connectivity index (χ1v) is 5.81. The molecule has 0 saturated carbocycles. The Labute approximate surface area is 108 Å². The van der Waals surface area contributed by atoms with Crippen LogP contribution in [0, 0.1) is 0 Å². The van der Waals surface area contributed by atoms with Gasteiger partial charge < -0.3 is 15.2 Å². The Morgan fingerprint density at radius 2 is 2.29 bits per heavy atom. The molecule has 0 unspecified atom stereocenters. The van der Waals surface area contributed by atoms with Gasteiger partial charge in [-0.2, -0.15) is 0 Å². The van der Waals surface area contributed by atoms with Crippen LogP contribution in [0.15, 0.2) is 22.7 Å².